The van der Waals surface area contributed by atoms with Gasteiger partial charge in [-0.25, -0.2) is 0 Å². The van der Waals surface area contributed by atoms with E-state index >= 15 is 0 Å². The Labute approximate surface area is 164 Å². The molecule has 6 heteroatoms. The van der Waals surface area contributed by atoms with Crippen molar-refractivity contribution in [1.29, 1.82) is 0 Å². The van der Waals surface area contributed by atoms with Gasteiger partial charge in [0.15, 0.2) is 6.61 Å². The summed E-state index contributed by atoms with van der Waals surface area (Å²) < 4.78 is 5.78. The molecule has 1 fully saturated rings. The van der Waals surface area contributed by atoms with Crippen molar-refractivity contribution in [2.45, 2.75) is 39.7 Å². The fraction of sp³-hybridized carbons (Fsp3) is 0.429. The van der Waals surface area contributed by atoms with Crippen molar-refractivity contribution in [3.8, 4) is 5.75 Å². The number of hydrogen-bond acceptors (Lipinski definition) is 4. The highest BCUT2D eigenvalue weighted by Crippen LogP contribution is 2.25. The van der Waals surface area contributed by atoms with Crippen molar-refractivity contribution in [1.82, 2.24) is 10.2 Å². The van der Waals surface area contributed by atoms with Gasteiger partial charge in [-0.1, -0.05) is 18.2 Å². The van der Waals surface area contributed by atoms with Gasteiger partial charge >= 0.3 is 0 Å². The quantitative estimate of drug-likeness (QED) is 0.856. The molecule has 1 saturated heterocycles. The zero-order valence-corrected chi connectivity index (χ0v) is 16.9. The molecule has 0 atom stereocenters. The summed E-state index contributed by atoms with van der Waals surface area (Å²) in [5.41, 5.74) is 3.26. The first-order valence-corrected chi connectivity index (χ1v) is 10.2. The normalized spacial score (nSPS) is 14.9. The first-order chi connectivity index (χ1) is 13.0. The van der Waals surface area contributed by atoms with Crippen LogP contribution in [0.5, 0.6) is 5.75 Å². The standard InChI is InChI=1S/C21H26N2O3S/c1-14-6-7-15(2)20(16(14)3)26-13-19(24)22-17-8-10-23(11-9-17)21(25)18-5-4-12-27-18/h4-7,12,17H,8-11,13H2,1-3H3,(H,22,24). The van der Waals surface area contributed by atoms with E-state index in [1.165, 1.54) is 11.3 Å². The lowest BCUT2D eigenvalue weighted by atomic mass is 10.0. The molecule has 2 aromatic rings. The number of ether oxygens (including phenoxy) is 1. The van der Waals surface area contributed by atoms with Gasteiger partial charge < -0.3 is 15.0 Å². The fourth-order valence-electron chi connectivity index (χ4n) is 3.34. The number of likely N-dealkylation sites (tertiary alicyclic amines) is 1. The number of carbonyl (C=O) groups is 2. The predicted octanol–water partition coefficient (Wildman–Crippen LogP) is 3.47. The number of benzene rings is 1. The summed E-state index contributed by atoms with van der Waals surface area (Å²) >= 11 is 1.47. The SMILES string of the molecule is Cc1ccc(C)c(OCC(=O)NC2CCN(C(=O)c3cccs3)CC2)c1C. The lowest BCUT2D eigenvalue weighted by molar-refractivity contribution is -0.124. The molecule has 144 valence electrons. The number of nitrogens with one attached hydrogen (secondary N) is 1. The minimum absolute atomic E-state index is 0.0134. The van der Waals surface area contributed by atoms with Gasteiger partial charge in [-0.15, -0.1) is 11.3 Å². The average Bonchev–Trinajstić information content (AvgIpc) is 3.20. The number of amides is 2. The Kier molecular flexibility index (Phi) is 6.16. The van der Waals surface area contributed by atoms with Gasteiger partial charge in [0.05, 0.1) is 4.88 Å². The number of hydrogen-bond donors (Lipinski definition) is 1. The summed E-state index contributed by atoms with van der Waals surface area (Å²) in [7, 11) is 0. The number of carbonyl (C=O) groups excluding carboxylic acids is 2. The Morgan fingerprint density at radius 2 is 1.85 bits per heavy atom. The highest BCUT2D eigenvalue weighted by atomic mass is 32.1. The second kappa shape index (κ2) is 8.57. The number of nitrogens with zero attached hydrogens (tertiary/aromatic N) is 1. The van der Waals surface area contributed by atoms with Gasteiger partial charge in [0.25, 0.3) is 11.8 Å². The monoisotopic (exact) mass is 386 g/mol. The smallest absolute Gasteiger partial charge is 0.263 e. The molecular weight excluding hydrogens is 360 g/mol. The van der Waals surface area contributed by atoms with Crippen LogP contribution in [-0.4, -0.2) is 42.5 Å². The molecule has 2 heterocycles. The van der Waals surface area contributed by atoms with Gasteiger partial charge in [-0.05, 0) is 61.7 Å². The van der Waals surface area contributed by atoms with E-state index in [4.69, 9.17) is 4.74 Å². The maximum atomic E-state index is 12.4. The van der Waals surface area contributed by atoms with E-state index in [1.807, 2.05) is 49.3 Å². The number of piperidine rings is 1. The molecule has 1 aromatic heterocycles. The van der Waals surface area contributed by atoms with Crippen molar-refractivity contribution in [2.24, 2.45) is 0 Å². The maximum absolute atomic E-state index is 12.4. The molecular formula is C21H26N2O3S. The second-order valence-corrected chi connectivity index (χ2v) is 8.00. The van der Waals surface area contributed by atoms with Crippen LogP contribution < -0.4 is 10.1 Å². The van der Waals surface area contributed by atoms with E-state index in [0.29, 0.717) is 13.1 Å². The molecule has 1 aliphatic heterocycles. The molecule has 1 aliphatic rings. The fourth-order valence-corrected chi connectivity index (χ4v) is 4.03. The third kappa shape index (κ3) is 4.69. The molecule has 1 aromatic carbocycles. The van der Waals surface area contributed by atoms with E-state index in [9.17, 15) is 9.59 Å². The van der Waals surface area contributed by atoms with E-state index in [1.54, 1.807) is 0 Å². The van der Waals surface area contributed by atoms with Gasteiger partial charge in [0, 0.05) is 19.1 Å². The van der Waals surface area contributed by atoms with Crippen LogP contribution in [0.3, 0.4) is 0 Å². The van der Waals surface area contributed by atoms with Gasteiger partial charge in [0.1, 0.15) is 5.75 Å². The summed E-state index contributed by atoms with van der Waals surface area (Å²) in [4.78, 5) is 27.3. The summed E-state index contributed by atoms with van der Waals surface area (Å²) in [5.74, 6) is 0.767. The summed E-state index contributed by atoms with van der Waals surface area (Å²) in [5, 5.41) is 4.95. The molecule has 2 amide bonds. The first kappa shape index (κ1) is 19.4. The Morgan fingerprint density at radius 3 is 2.52 bits per heavy atom. The molecule has 0 aliphatic carbocycles. The van der Waals surface area contributed by atoms with Crippen LogP contribution >= 0.6 is 11.3 Å². The number of aryl methyl sites for hydroxylation is 2. The second-order valence-electron chi connectivity index (χ2n) is 7.05. The van der Waals surface area contributed by atoms with Crippen molar-refractivity contribution in [3.63, 3.8) is 0 Å². The average molecular weight is 387 g/mol. The molecule has 0 spiro atoms. The van der Waals surface area contributed by atoms with Gasteiger partial charge in [0.2, 0.25) is 0 Å². The minimum atomic E-state index is -0.113. The van der Waals surface area contributed by atoms with Crippen LogP contribution in [0.1, 0.15) is 39.2 Å². The summed E-state index contributed by atoms with van der Waals surface area (Å²) in [6.07, 6.45) is 1.54. The largest absolute Gasteiger partial charge is 0.483 e. The van der Waals surface area contributed by atoms with Crippen LogP contribution in [0.25, 0.3) is 0 Å². The summed E-state index contributed by atoms with van der Waals surface area (Å²) in [6.45, 7) is 7.37. The maximum Gasteiger partial charge on any atom is 0.263 e. The third-order valence-corrected chi connectivity index (χ3v) is 5.96. The zero-order valence-electron chi connectivity index (χ0n) is 16.1. The van der Waals surface area contributed by atoms with Crippen molar-refractivity contribution < 1.29 is 14.3 Å². The van der Waals surface area contributed by atoms with Crippen LogP contribution in [-0.2, 0) is 4.79 Å². The molecule has 0 saturated carbocycles. The van der Waals surface area contributed by atoms with E-state index < -0.39 is 0 Å². The van der Waals surface area contributed by atoms with Gasteiger partial charge in [-0.3, -0.25) is 9.59 Å². The van der Waals surface area contributed by atoms with E-state index in [2.05, 4.69) is 11.4 Å². The zero-order chi connectivity index (χ0) is 19.4. The number of rotatable bonds is 5. The third-order valence-electron chi connectivity index (χ3n) is 5.10. The molecule has 3 rings (SSSR count). The van der Waals surface area contributed by atoms with Crippen molar-refractivity contribution in [2.75, 3.05) is 19.7 Å². The Morgan fingerprint density at radius 1 is 1.15 bits per heavy atom. The molecule has 0 bridgehead atoms. The number of thiophene rings is 1. The van der Waals surface area contributed by atoms with E-state index in [0.717, 1.165) is 40.2 Å². The van der Waals surface area contributed by atoms with Crippen LogP contribution in [0.4, 0.5) is 0 Å². The van der Waals surface area contributed by atoms with Crippen molar-refractivity contribution in [3.05, 3.63) is 51.2 Å². The Bertz CT molecular complexity index is 809. The summed E-state index contributed by atoms with van der Waals surface area (Å²) in [6, 6.07) is 7.91. The molecule has 5 nitrogen and oxygen atoms in total. The van der Waals surface area contributed by atoms with Crippen molar-refractivity contribution >= 4 is 23.2 Å². The molecule has 0 unspecified atom stereocenters. The van der Waals surface area contributed by atoms with Crippen LogP contribution in [0.15, 0.2) is 29.6 Å². The highest BCUT2D eigenvalue weighted by molar-refractivity contribution is 7.12. The topological polar surface area (TPSA) is 58.6 Å². The molecule has 0 radical (unpaired) electrons. The first-order valence-electron chi connectivity index (χ1n) is 9.27. The van der Waals surface area contributed by atoms with Gasteiger partial charge in [-0.2, -0.15) is 0 Å². The predicted molar refractivity (Wildman–Crippen MR) is 108 cm³/mol. The molecule has 1 N–H and O–H groups in total. The van der Waals surface area contributed by atoms with Crippen LogP contribution in [0.2, 0.25) is 0 Å². The van der Waals surface area contributed by atoms with Crippen LogP contribution in [0, 0.1) is 20.8 Å². The van der Waals surface area contributed by atoms with E-state index in [-0.39, 0.29) is 24.5 Å². The lowest BCUT2D eigenvalue weighted by Gasteiger charge is -2.32. The Hall–Kier alpha value is -2.34. The minimum Gasteiger partial charge on any atom is -0.483 e. The highest BCUT2D eigenvalue weighted by Gasteiger charge is 2.25. The Balaban J connectivity index is 1.46. The lowest BCUT2D eigenvalue weighted by Crippen LogP contribution is -2.47. The molecule has 27 heavy (non-hydrogen) atoms.